The molecule has 7 fully saturated rings. The van der Waals surface area contributed by atoms with E-state index >= 15 is 0 Å². The number of carbonyl (C=O) groups excluding carboxylic acids is 2. The van der Waals surface area contributed by atoms with E-state index in [1.807, 2.05) is 25.8 Å². The van der Waals surface area contributed by atoms with Gasteiger partial charge in [-0.15, -0.1) is 0 Å². The fourth-order valence-electron chi connectivity index (χ4n) is 13.6. The van der Waals surface area contributed by atoms with Gasteiger partial charge < -0.3 is 29.1 Å². The summed E-state index contributed by atoms with van der Waals surface area (Å²) in [5.74, 6) is 2.10. The lowest BCUT2D eigenvalue weighted by atomic mass is 9.41. The summed E-state index contributed by atoms with van der Waals surface area (Å²) in [6.45, 7) is 20.1. The average Bonchev–Trinajstić information content (AvgIpc) is 3.63. The van der Waals surface area contributed by atoms with Crippen LogP contribution in [0.5, 0.6) is 0 Å². The van der Waals surface area contributed by atoms with Crippen LogP contribution in [0, 0.1) is 56.7 Å². The Labute approximate surface area is 277 Å². The number of nitrogens with zero attached hydrogens (tertiary/aromatic N) is 2. The van der Waals surface area contributed by atoms with Gasteiger partial charge in [0.15, 0.2) is 6.29 Å². The number of hydrogen-bond acceptors (Lipinski definition) is 6. The van der Waals surface area contributed by atoms with Gasteiger partial charge in [-0.05, 0) is 96.7 Å². The number of fused-ring (bicyclic) bond motifs is 4. The second-order valence-corrected chi connectivity index (χ2v) is 18.4. The zero-order valence-corrected chi connectivity index (χ0v) is 30.1. The summed E-state index contributed by atoms with van der Waals surface area (Å²) in [6.07, 6.45) is 8.30. The molecule has 7 aliphatic rings. The van der Waals surface area contributed by atoms with E-state index in [-0.39, 0.29) is 58.6 Å². The third-order valence-corrected chi connectivity index (χ3v) is 16.0. The Bertz CT molecular complexity index is 1240. The molecule has 2 spiro atoms. The number of aliphatic hydroxyl groups is 1. The van der Waals surface area contributed by atoms with E-state index in [9.17, 15) is 14.7 Å². The van der Waals surface area contributed by atoms with Crippen LogP contribution in [-0.4, -0.2) is 90.7 Å². The van der Waals surface area contributed by atoms with E-state index < -0.39 is 6.10 Å². The molecule has 2 aliphatic heterocycles. The molecule has 1 N–H and O–H groups in total. The van der Waals surface area contributed by atoms with Gasteiger partial charge in [0.2, 0.25) is 11.8 Å². The van der Waals surface area contributed by atoms with Crippen LogP contribution in [-0.2, 0) is 23.8 Å². The molecule has 8 heteroatoms. The summed E-state index contributed by atoms with van der Waals surface area (Å²) in [4.78, 5) is 28.5. The maximum absolute atomic E-state index is 12.7. The van der Waals surface area contributed by atoms with Gasteiger partial charge in [-0.1, -0.05) is 48.5 Å². The molecule has 0 bridgehead atoms. The molecule has 5 aliphatic carbocycles. The number of ether oxygens (including phenoxy) is 3. The molecule has 46 heavy (non-hydrogen) atoms. The average molecular weight is 643 g/mol. The first-order valence-electron chi connectivity index (χ1n) is 18.6. The number of rotatable bonds is 5. The standard InChI is InChI=1S/C38H62N2O6/c1-22(2)33(43)40-16-17-44-29(20-40)46-28-12-13-37-21-38(37)15-14-35(7)30-23(3)18-25(19-39(9)24(4)41)45-31(30)32(42)36(35,8)27(38)11-10-26(37)34(28,5)6/h22-23,25-32,42H,10-21H2,1-9H3/t23-,25-,26+,27+,28+,29+,30+,31+,32+,35-,36-,37-,38+/m1/s1. The van der Waals surface area contributed by atoms with Crippen molar-refractivity contribution in [2.45, 2.75) is 137 Å². The van der Waals surface area contributed by atoms with Crippen molar-refractivity contribution in [3.8, 4) is 0 Å². The van der Waals surface area contributed by atoms with E-state index in [2.05, 4.69) is 34.6 Å². The predicted octanol–water partition coefficient (Wildman–Crippen LogP) is 5.50. The number of morpholine rings is 1. The first kappa shape index (κ1) is 33.3. The highest BCUT2D eigenvalue weighted by molar-refractivity contribution is 5.78. The molecular weight excluding hydrogens is 580 g/mol. The molecule has 2 saturated heterocycles. The van der Waals surface area contributed by atoms with Gasteiger partial charge in [0.05, 0.1) is 37.6 Å². The van der Waals surface area contributed by atoms with Gasteiger partial charge in [0.25, 0.3) is 0 Å². The smallest absolute Gasteiger partial charge is 0.225 e. The van der Waals surface area contributed by atoms with Crippen LogP contribution in [0.2, 0.25) is 0 Å². The zero-order chi connectivity index (χ0) is 33.2. The Morgan fingerprint density at radius 3 is 2.43 bits per heavy atom. The Morgan fingerprint density at radius 2 is 1.74 bits per heavy atom. The molecule has 260 valence electrons. The van der Waals surface area contributed by atoms with Crippen molar-refractivity contribution in [1.29, 1.82) is 0 Å². The molecule has 0 aromatic rings. The number of likely N-dealkylation sites (N-methyl/N-ethyl adjacent to an activating group) is 1. The van der Waals surface area contributed by atoms with Crippen LogP contribution in [0.3, 0.4) is 0 Å². The van der Waals surface area contributed by atoms with Crippen molar-refractivity contribution < 1.29 is 28.9 Å². The lowest BCUT2D eigenvalue weighted by Gasteiger charge is -2.64. The van der Waals surface area contributed by atoms with E-state index in [1.165, 1.54) is 25.7 Å². The van der Waals surface area contributed by atoms with Gasteiger partial charge in [-0.2, -0.15) is 0 Å². The number of aliphatic hydroxyl groups excluding tert-OH is 1. The molecule has 0 unspecified atom stereocenters. The summed E-state index contributed by atoms with van der Waals surface area (Å²) in [6, 6.07) is 0. The van der Waals surface area contributed by atoms with Crippen LogP contribution >= 0.6 is 0 Å². The summed E-state index contributed by atoms with van der Waals surface area (Å²) in [7, 11) is 1.86. The third-order valence-electron chi connectivity index (χ3n) is 16.0. The molecule has 0 aromatic heterocycles. The largest absolute Gasteiger partial charge is 0.390 e. The highest BCUT2D eigenvalue weighted by Gasteiger charge is 2.84. The first-order chi connectivity index (χ1) is 21.5. The normalized spacial score (nSPS) is 50.5. The number of amides is 2. The minimum Gasteiger partial charge on any atom is -0.390 e. The van der Waals surface area contributed by atoms with E-state index in [4.69, 9.17) is 14.2 Å². The molecular formula is C38H62N2O6. The predicted molar refractivity (Wildman–Crippen MR) is 175 cm³/mol. The Morgan fingerprint density at radius 1 is 1.04 bits per heavy atom. The Kier molecular flexibility index (Phi) is 7.88. The lowest BCUT2D eigenvalue weighted by Crippen LogP contribution is -2.60. The van der Waals surface area contributed by atoms with E-state index in [1.54, 1.807) is 11.8 Å². The van der Waals surface area contributed by atoms with Gasteiger partial charge in [-0.25, -0.2) is 0 Å². The summed E-state index contributed by atoms with van der Waals surface area (Å²) < 4.78 is 19.7. The maximum atomic E-state index is 12.7. The molecule has 8 nitrogen and oxygen atoms in total. The Balaban J connectivity index is 1.10. The lowest BCUT2D eigenvalue weighted by molar-refractivity contribution is -0.248. The zero-order valence-electron chi connectivity index (χ0n) is 30.1. The summed E-state index contributed by atoms with van der Waals surface area (Å²) >= 11 is 0. The number of carbonyl (C=O) groups is 2. The fourth-order valence-corrected chi connectivity index (χ4v) is 13.6. The van der Waals surface area contributed by atoms with Crippen molar-refractivity contribution in [3.05, 3.63) is 0 Å². The molecule has 0 aromatic carbocycles. The fraction of sp³-hybridized carbons (Fsp3) is 0.947. The minimum atomic E-state index is -0.487. The van der Waals surface area contributed by atoms with Gasteiger partial charge in [-0.3, -0.25) is 9.59 Å². The highest BCUT2D eigenvalue weighted by atomic mass is 16.7. The van der Waals surface area contributed by atoms with Crippen LogP contribution in [0.4, 0.5) is 0 Å². The van der Waals surface area contributed by atoms with Crippen molar-refractivity contribution in [1.82, 2.24) is 9.80 Å². The Hall–Kier alpha value is -1.22. The second-order valence-electron chi connectivity index (χ2n) is 18.4. The van der Waals surface area contributed by atoms with Crippen molar-refractivity contribution >= 4 is 11.8 Å². The van der Waals surface area contributed by atoms with Crippen LogP contribution in [0.25, 0.3) is 0 Å². The molecule has 0 radical (unpaired) electrons. The monoisotopic (exact) mass is 642 g/mol. The van der Waals surface area contributed by atoms with Crippen molar-refractivity contribution in [3.63, 3.8) is 0 Å². The van der Waals surface area contributed by atoms with Gasteiger partial charge in [0, 0.05) is 38.4 Å². The topological polar surface area (TPSA) is 88.5 Å². The summed E-state index contributed by atoms with van der Waals surface area (Å²) in [5, 5.41) is 12.4. The van der Waals surface area contributed by atoms with E-state index in [0.29, 0.717) is 60.7 Å². The third kappa shape index (κ3) is 4.37. The molecule has 7 rings (SSSR count). The van der Waals surface area contributed by atoms with Crippen molar-refractivity contribution in [2.75, 3.05) is 33.3 Å². The molecule has 2 heterocycles. The second kappa shape index (κ2) is 10.9. The SMILES string of the molecule is CC(=O)N(C)C[C@H]1C[C@@H](C)[C@H]2[C@H](O1)[C@H](O)[C@@]1(C)[C@@H]3CC[C@H]4C(C)(C)[C@@H](O[C@H]5CN(C(=O)C(C)C)CCO5)CC[C@@]45C[C@@]35CC[C@]21C. The highest BCUT2D eigenvalue weighted by Crippen LogP contribution is 2.89. The van der Waals surface area contributed by atoms with Crippen LogP contribution in [0.15, 0.2) is 0 Å². The quantitative estimate of drug-likeness (QED) is 0.426. The van der Waals surface area contributed by atoms with Crippen LogP contribution < -0.4 is 0 Å². The molecule has 13 atom stereocenters. The van der Waals surface area contributed by atoms with Crippen molar-refractivity contribution in [2.24, 2.45) is 56.7 Å². The molecule has 5 saturated carbocycles. The van der Waals surface area contributed by atoms with E-state index in [0.717, 1.165) is 25.7 Å². The van der Waals surface area contributed by atoms with Gasteiger partial charge >= 0.3 is 0 Å². The van der Waals surface area contributed by atoms with Gasteiger partial charge in [0.1, 0.15) is 0 Å². The minimum absolute atomic E-state index is 0.0118. The molecule has 2 amide bonds. The van der Waals surface area contributed by atoms with Crippen LogP contribution in [0.1, 0.15) is 107 Å². The first-order valence-corrected chi connectivity index (χ1v) is 18.6. The number of hydrogen-bond donors (Lipinski definition) is 1. The summed E-state index contributed by atoms with van der Waals surface area (Å²) in [5.41, 5.74) is 0.472. The maximum Gasteiger partial charge on any atom is 0.225 e.